The molecule has 8 nitrogen and oxygen atoms in total. The quantitative estimate of drug-likeness (QED) is 0.305. The number of hydrogen-bond donors (Lipinski definition) is 4. The van der Waals surface area contributed by atoms with Crippen LogP contribution in [0.4, 0.5) is 0 Å². The number of esters is 1. The van der Waals surface area contributed by atoms with E-state index in [9.17, 15) is 20.3 Å². The SMILES string of the molecule is Cc1[nH]c(C(=O)OC/C(O)=C(\C#N)c2nc3ccccc3[nH]2)c(C)c1[C@H](C)O. The van der Waals surface area contributed by atoms with Gasteiger partial charge in [0, 0.05) is 11.3 Å². The van der Waals surface area contributed by atoms with E-state index in [1.807, 2.05) is 18.2 Å². The highest BCUT2D eigenvalue weighted by molar-refractivity contribution is 5.90. The zero-order valence-electron chi connectivity index (χ0n) is 15.7. The van der Waals surface area contributed by atoms with Gasteiger partial charge >= 0.3 is 5.97 Å². The molecule has 0 saturated carbocycles. The molecule has 1 atom stereocenters. The van der Waals surface area contributed by atoms with Gasteiger partial charge in [0.25, 0.3) is 0 Å². The third-order valence-corrected chi connectivity index (χ3v) is 4.48. The number of H-pyrrole nitrogens is 2. The topological polar surface area (TPSA) is 135 Å². The highest BCUT2D eigenvalue weighted by Gasteiger charge is 2.22. The van der Waals surface area contributed by atoms with Crippen molar-refractivity contribution in [3.63, 3.8) is 0 Å². The number of rotatable bonds is 5. The Morgan fingerprint density at radius 2 is 2.04 bits per heavy atom. The number of aryl methyl sites for hydroxylation is 1. The molecule has 0 saturated heterocycles. The highest BCUT2D eigenvalue weighted by atomic mass is 16.5. The summed E-state index contributed by atoms with van der Waals surface area (Å²) in [4.78, 5) is 22.5. The van der Waals surface area contributed by atoms with E-state index < -0.39 is 24.4 Å². The number of imidazole rings is 1. The first-order valence-corrected chi connectivity index (χ1v) is 8.65. The van der Waals surface area contributed by atoms with E-state index in [1.54, 1.807) is 32.9 Å². The van der Waals surface area contributed by atoms with Gasteiger partial charge in [0.05, 0.1) is 17.1 Å². The van der Waals surface area contributed by atoms with Crippen molar-refractivity contribution in [2.24, 2.45) is 0 Å². The van der Waals surface area contributed by atoms with Crippen LogP contribution in [0.5, 0.6) is 0 Å². The summed E-state index contributed by atoms with van der Waals surface area (Å²) in [6, 6.07) is 9.10. The maximum atomic E-state index is 12.4. The summed E-state index contributed by atoms with van der Waals surface area (Å²) in [7, 11) is 0. The van der Waals surface area contributed by atoms with Gasteiger partial charge in [-0.3, -0.25) is 0 Å². The maximum Gasteiger partial charge on any atom is 0.355 e. The predicted octanol–water partition coefficient (Wildman–Crippen LogP) is 3.21. The first-order valence-electron chi connectivity index (χ1n) is 8.65. The number of para-hydroxylation sites is 2. The number of aromatic nitrogens is 3. The van der Waals surface area contributed by atoms with Gasteiger partial charge in [0.2, 0.25) is 0 Å². The lowest BCUT2D eigenvalue weighted by molar-refractivity contribution is 0.0495. The summed E-state index contributed by atoms with van der Waals surface area (Å²) in [5, 5.41) is 29.5. The minimum Gasteiger partial charge on any atom is -0.507 e. The standard InChI is InChI=1S/C20H20N4O4/c1-10-17(12(3)25)11(2)22-18(10)20(27)28-9-16(26)13(8-21)19-23-14-6-4-5-7-15(14)24-19/h4-7,12,22,25-26H,9H2,1-3H3,(H,23,24)/b16-13-/t12-/m0/s1. The van der Waals surface area contributed by atoms with Crippen LogP contribution in [0.3, 0.4) is 0 Å². The number of aliphatic hydroxyl groups is 2. The van der Waals surface area contributed by atoms with Crippen molar-refractivity contribution in [2.75, 3.05) is 6.61 Å². The summed E-state index contributed by atoms with van der Waals surface area (Å²) in [5.74, 6) is -0.909. The van der Waals surface area contributed by atoms with Crippen LogP contribution in [0.2, 0.25) is 0 Å². The fourth-order valence-corrected chi connectivity index (χ4v) is 3.20. The molecule has 0 aliphatic heterocycles. The van der Waals surface area contributed by atoms with Crippen LogP contribution >= 0.6 is 0 Å². The van der Waals surface area contributed by atoms with Gasteiger partial charge in [0.1, 0.15) is 23.9 Å². The van der Waals surface area contributed by atoms with Crippen LogP contribution in [0, 0.1) is 25.2 Å². The number of aromatic amines is 2. The van der Waals surface area contributed by atoms with Crippen LogP contribution in [-0.4, -0.2) is 37.7 Å². The number of aliphatic hydroxyl groups excluding tert-OH is 2. The van der Waals surface area contributed by atoms with Crippen molar-refractivity contribution in [1.82, 2.24) is 15.0 Å². The molecule has 0 amide bonds. The van der Waals surface area contributed by atoms with E-state index in [4.69, 9.17) is 4.74 Å². The average Bonchev–Trinajstić information content (AvgIpc) is 3.20. The number of carbonyl (C=O) groups is 1. The fraction of sp³-hybridized carbons (Fsp3) is 0.250. The number of nitriles is 1. The molecule has 0 spiro atoms. The summed E-state index contributed by atoms with van der Waals surface area (Å²) >= 11 is 0. The van der Waals surface area contributed by atoms with Crippen molar-refractivity contribution < 1.29 is 19.7 Å². The van der Waals surface area contributed by atoms with Gasteiger partial charge in [-0.05, 0) is 38.5 Å². The van der Waals surface area contributed by atoms with Crippen molar-refractivity contribution in [1.29, 1.82) is 5.26 Å². The van der Waals surface area contributed by atoms with Gasteiger partial charge in [-0.1, -0.05) is 12.1 Å². The van der Waals surface area contributed by atoms with Crippen molar-refractivity contribution >= 4 is 22.6 Å². The normalized spacial score (nSPS) is 13.1. The first kappa shape index (κ1) is 19.2. The number of nitrogens with one attached hydrogen (secondary N) is 2. The van der Waals surface area contributed by atoms with Crippen LogP contribution < -0.4 is 0 Å². The van der Waals surface area contributed by atoms with E-state index >= 15 is 0 Å². The molecule has 2 aromatic heterocycles. The molecule has 3 aromatic rings. The summed E-state index contributed by atoms with van der Waals surface area (Å²) in [6.07, 6.45) is -0.732. The second-order valence-corrected chi connectivity index (χ2v) is 6.45. The Hall–Kier alpha value is -3.57. The maximum absolute atomic E-state index is 12.4. The Bertz CT molecular complexity index is 1080. The summed E-state index contributed by atoms with van der Waals surface area (Å²) in [6.45, 7) is 4.57. The third-order valence-electron chi connectivity index (χ3n) is 4.48. The van der Waals surface area contributed by atoms with Crippen molar-refractivity contribution in [2.45, 2.75) is 26.9 Å². The predicted molar refractivity (Wildman–Crippen MR) is 102 cm³/mol. The number of ether oxygens (including phenoxy) is 1. The first-order chi connectivity index (χ1) is 13.3. The Morgan fingerprint density at radius 3 is 2.64 bits per heavy atom. The molecule has 3 rings (SSSR count). The number of fused-ring (bicyclic) bond motifs is 1. The Morgan fingerprint density at radius 1 is 1.32 bits per heavy atom. The van der Waals surface area contributed by atoms with Crippen LogP contribution in [0.15, 0.2) is 30.0 Å². The van der Waals surface area contributed by atoms with Gasteiger partial charge in [0.15, 0.2) is 11.6 Å². The van der Waals surface area contributed by atoms with E-state index in [0.29, 0.717) is 22.3 Å². The lowest BCUT2D eigenvalue weighted by Crippen LogP contribution is -2.11. The monoisotopic (exact) mass is 380 g/mol. The molecule has 0 aliphatic carbocycles. The Balaban J connectivity index is 1.81. The van der Waals surface area contributed by atoms with Gasteiger partial charge in [-0.25, -0.2) is 9.78 Å². The number of hydrogen-bond acceptors (Lipinski definition) is 6. The molecule has 144 valence electrons. The van der Waals surface area contributed by atoms with Crippen LogP contribution in [0.25, 0.3) is 16.6 Å². The molecule has 0 aliphatic rings. The molecular weight excluding hydrogens is 360 g/mol. The summed E-state index contributed by atoms with van der Waals surface area (Å²) < 4.78 is 5.14. The zero-order chi connectivity index (χ0) is 20.4. The molecule has 0 fully saturated rings. The summed E-state index contributed by atoms with van der Waals surface area (Å²) in [5.41, 5.74) is 3.34. The molecule has 0 unspecified atom stereocenters. The third kappa shape index (κ3) is 3.48. The number of nitrogens with zero attached hydrogens (tertiary/aromatic N) is 2. The second-order valence-electron chi connectivity index (χ2n) is 6.45. The molecule has 4 N–H and O–H groups in total. The van der Waals surface area contributed by atoms with Gasteiger partial charge in [-0.15, -0.1) is 0 Å². The molecule has 28 heavy (non-hydrogen) atoms. The molecule has 2 heterocycles. The van der Waals surface area contributed by atoms with Crippen molar-refractivity contribution in [3.8, 4) is 6.07 Å². The molecule has 1 aromatic carbocycles. The smallest absolute Gasteiger partial charge is 0.355 e. The van der Waals surface area contributed by atoms with Crippen LogP contribution in [-0.2, 0) is 4.74 Å². The van der Waals surface area contributed by atoms with Crippen LogP contribution in [0.1, 0.15) is 46.2 Å². The van der Waals surface area contributed by atoms with E-state index in [2.05, 4.69) is 15.0 Å². The molecule has 8 heteroatoms. The van der Waals surface area contributed by atoms with Gasteiger partial charge < -0.3 is 24.9 Å². The lowest BCUT2D eigenvalue weighted by Gasteiger charge is -2.07. The molecule has 0 radical (unpaired) electrons. The average molecular weight is 380 g/mol. The fourth-order valence-electron chi connectivity index (χ4n) is 3.20. The lowest BCUT2D eigenvalue weighted by atomic mass is 10.1. The Labute approximate surface area is 161 Å². The number of benzene rings is 1. The Kier molecular flexibility index (Phi) is 5.20. The van der Waals surface area contributed by atoms with Crippen molar-refractivity contribution in [3.05, 3.63) is 58.4 Å². The second kappa shape index (κ2) is 7.58. The highest BCUT2D eigenvalue weighted by Crippen LogP contribution is 2.25. The van der Waals surface area contributed by atoms with Gasteiger partial charge in [-0.2, -0.15) is 5.26 Å². The minimum absolute atomic E-state index is 0.104. The minimum atomic E-state index is -0.732. The largest absolute Gasteiger partial charge is 0.507 e. The zero-order valence-corrected chi connectivity index (χ0v) is 15.7. The van der Waals surface area contributed by atoms with E-state index in [1.165, 1.54) is 0 Å². The number of allylic oxidation sites excluding steroid dienone is 1. The molecule has 0 bridgehead atoms. The van der Waals surface area contributed by atoms with E-state index in [0.717, 1.165) is 5.52 Å². The molecular formula is C20H20N4O4. The van der Waals surface area contributed by atoms with E-state index in [-0.39, 0.29) is 17.1 Å². The number of carbonyl (C=O) groups excluding carboxylic acids is 1.